The number of aromatic nitrogens is 2. The van der Waals surface area contributed by atoms with Gasteiger partial charge in [-0.05, 0) is 59.5 Å². The van der Waals surface area contributed by atoms with Crippen molar-refractivity contribution >= 4 is 11.7 Å². The third kappa shape index (κ3) is 4.21. The van der Waals surface area contributed by atoms with Gasteiger partial charge in [-0.2, -0.15) is 0 Å². The van der Waals surface area contributed by atoms with Crippen molar-refractivity contribution in [1.82, 2.24) is 14.9 Å². The minimum atomic E-state index is -0.0919. The van der Waals surface area contributed by atoms with E-state index in [1.54, 1.807) is 0 Å². The van der Waals surface area contributed by atoms with Crippen LogP contribution in [0, 0.1) is 0 Å². The lowest BCUT2D eigenvalue weighted by atomic mass is 10.00. The van der Waals surface area contributed by atoms with Crippen molar-refractivity contribution in [3.63, 3.8) is 0 Å². The molecule has 31 heavy (non-hydrogen) atoms. The first-order chi connectivity index (χ1) is 15.3. The Kier molecular flexibility index (Phi) is 5.23. The number of hydrogen-bond donors (Lipinski definition) is 1. The van der Waals surface area contributed by atoms with Crippen molar-refractivity contribution in [3.8, 4) is 5.69 Å². The first kappa shape index (κ1) is 19.1. The minimum Gasteiger partial charge on any atom is -0.352 e. The number of carbonyl (C=O) groups excluding carboxylic acids is 1. The molecule has 1 amide bonds. The van der Waals surface area contributed by atoms with Gasteiger partial charge in [0.15, 0.2) is 0 Å². The predicted molar refractivity (Wildman–Crippen MR) is 122 cm³/mol. The standard InChI is InChI=1S/C26H24N4O/c31-26(22-8-5-9-24(16-22)29-13-3-4-14-29)28-18-20-10-11-25(27-17-20)30-15-12-21-6-1-2-7-23(21)19-30/h1-11,13-14,16-17H,12,15,18-19H2,(H,28,31). The Labute approximate surface area is 182 Å². The number of rotatable bonds is 5. The molecule has 154 valence electrons. The third-order valence-electron chi connectivity index (χ3n) is 5.73. The molecule has 0 aliphatic carbocycles. The van der Waals surface area contributed by atoms with Crippen LogP contribution in [-0.2, 0) is 19.5 Å². The zero-order valence-electron chi connectivity index (χ0n) is 17.2. The first-order valence-electron chi connectivity index (χ1n) is 10.5. The number of amides is 1. The van der Waals surface area contributed by atoms with Crippen LogP contribution in [0.4, 0.5) is 5.82 Å². The van der Waals surface area contributed by atoms with Gasteiger partial charge in [0, 0.05) is 49.5 Å². The summed E-state index contributed by atoms with van der Waals surface area (Å²) in [7, 11) is 0. The van der Waals surface area contributed by atoms with Crippen LogP contribution in [0.15, 0.2) is 91.4 Å². The number of nitrogens with zero attached hydrogens (tertiary/aromatic N) is 3. The number of fused-ring (bicyclic) bond motifs is 1. The van der Waals surface area contributed by atoms with E-state index >= 15 is 0 Å². The van der Waals surface area contributed by atoms with E-state index in [-0.39, 0.29) is 5.91 Å². The summed E-state index contributed by atoms with van der Waals surface area (Å²) in [5.41, 5.74) is 5.39. The summed E-state index contributed by atoms with van der Waals surface area (Å²) < 4.78 is 1.98. The van der Waals surface area contributed by atoms with Crippen molar-refractivity contribution < 1.29 is 4.79 Å². The summed E-state index contributed by atoms with van der Waals surface area (Å²) >= 11 is 0. The van der Waals surface area contributed by atoms with E-state index in [0.717, 1.165) is 36.6 Å². The second kappa shape index (κ2) is 8.48. The highest BCUT2D eigenvalue weighted by Gasteiger charge is 2.17. The molecule has 2 aromatic carbocycles. The van der Waals surface area contributed by atoms with Crippen LogP contribution in [0.5, 0.6) is 0 Å². The molecule has 5 rings (SSSR count). The monoisotopic (exact) mass is 408 g/mol. The fraction of sp³-hybridized carbons (Fsp3) is 0.154. The first-order valence-corrected chi connectivity index (χ1v) is 10.5. The summed E-state index contributed by atoms with van der Waals surface area (Å²) in [4.78, 5) is 19.6. The van der Waals surface area contributed by atoms with Gasteiger partial charge in [-0.1, -0.05) is 36.4 Å². The van der Waals surface area contributed by atoms with Gasteiger partial charge in [-0.15, -0.1) is 0 Å². The SMILES string of the molecule is O=C(NCc1ccc(N2CCc3ccccc3C2)nc1)c1cccc(-n2cccc2)c1. The fourth-order valence-electron chi connectivity index (χ4n) is 4.00. The molecule has 5 nitrogen and oxygen atoms in total. The highest BCUT2D eigenvalue weighted by atomic mass is 16.1. The summed E-state index contributed by atoms with van der Waals surface area (Å²) in [6.07, 6.45) is 6.82. The van der Waals surface area contributed by atoms with Gasteiger partial charge in [-0.3, -0.25) is 4.79 Å². The Morgan fingerprint density at radius 3 is 2.58 bits per heavy atom. The maximum Gasteiger partial charge on any atom is 0.251 e. The highest BCUT2D eigenvalue weighted by molar-refractivity contribution is 5.94. The van der Waals surface area contributed by atoms with E-state index in [4.69, 9.17) is 0 Å². The Bertz CT molecular complexity index is 1180. The maximum atomic E-state index is 12.6. The molecule has 1 N–H and O–H groups in total. The molecule has 0 atom stereocenters. The van der Waals surface area contributed by atoms with E-state index in [9.17, 15) is 4.79 Å². The molecule has 0 unspecified atom stereocenters. The predicted octanol–water partition coefficient (Wildman–Crippen LogP) is 4.37. The van der Waals surface area contributed by atoms with Crippen molar-refractivity contribution in [3.05, 3.63) is 114 Å². The smallest absolute Gasteiger partial charge is 0.251 e. The summed E-state index contributed by atoms with van der Waals surface area (Å²) in [5.74, 6) is 0.884. The molecule has 0 radical (unpaired) electrons. The molecule has 1 aliphatic heterocycles. The molecule has 2 aromatic heterocycles. The Morgan fingerprint density at radius 2 is 1.77 bits per heavy atom. The topological polar surface area (TPSA) is 50.2 Å². The van der Waals surface area contributed by atoms with E-state index in [0.29, 0.717) is 12.1 Å². The van der Waals surface area contributed by atoms with Gasteiger partial charge in [0.2, 0.25) is 0 Å². The number of anilines is 1. The third-order valence-corrected chi connectivity index (χ3v) is 5.73. The second-order valence-corrected chi connectivity index (χ2v) is 7.79. The number of pyridine rings is 1. The average molecular weight is 409 g/mol. The molecule has 1 aliphatic rings. The van der Waals surface area contributed by atoms with Crippen LogP contribution in [0.3, 0.4) is 0 Å². The summed E-state index contributed by atoms with van der Waals surface area (Å²) in [6.45, 7) is 2.30. The normalized spacial score (nSPS) is 13.0. The van der Waals surface area contributed by atoms with E-state index in [1.165, 1.54) is 11.1 Å². The number of carbonyl (C=O) groups is 1. The van der Waals surface area contributed by atoms with Gasteiger partial charge < -0.3 is 14.8 Å². The Hall–Kier alpha value is -3.86. The summed E-state index contributed by atoms with van der Waals surface area (Å²) in [6, 6.07) is 24.2. The van der Waals surface area contributed by atoms with Gasteiger partial charge in [0.25, 0.3) is 5.91 Å². The largest absolute Gasteiger partial charge is 0.352 e. The molecule has 0 spiro atoms. The van der Waals surface area contributed by atoms with Crippen molar-refractivity contribution in [1.29, 1.82) is 0 Å². The highest BCUT2D eigenvalue weighted by Crippen LogP contribution is 2.23. The Morgan fingerprint density at radius 1 is 0.935 bits per heavy atom. The molecule has 4 aromatic rings. The molecule has 0 fully saturated rings. The van der Waals surface area contributed by atoms with Crippen LogP contribution < -0.4 is 10.2 Å². The molecular formula is C26H24N4O. The summed E-state index contributed by atoms with van der Waals surface area (Å²) in [5, 5.41) is 3.00. The molecule has 0 bridgehead atoms. The van der Waals surface area contributed by atoms with Gasteiger partial charge in [0.1, 0.15) is 5.82 Å². The van der Waals surface area contributed by atoms with Gasteiger partial charge in [0.05, 0.1) is 0 Å². The van der Waals surface area contributed by atoms with Crippen LogP contribution in [-0.4, -0.2) is 22.0 Å². The quantitative estimate of drug-likeness (QED) is 0.534. The van der Waals surface area contributed by atoms with Crippen LogP contribution in [0.25, 0.3) is 5.69 Å². The molecule has 5 heteroatoms. The maximum absolute atomic E-state index is 12.6. The molecule has 0 saturated heterocycles. The number of benzene rings is 2. The van der Waals surface area contributed by atoms with E-state index in [2.05, 4.69) is 39.5 Å². The lowest BCUT2D eigenvalue weighted by Crippen LogP contribution is -2.31. The fourth-order valence-corrected chi connectivity index (χ4v) is 4.00. The van der Waals surface area contributed by atoms with Crippen LogP contribution >= 0.6 is 0 Å². The molecule has 0 saturated carbocycles. The lowest BCUT2D eigenvalue weighted by Gasteiger charge is -2.29. The zero-order valence-corrected chi connectivity index (χ0v) is 17.2. The van der Waals surface area contributed by atoms with Crippen LogP contribution in [0.1, 0.15) is 27.0 Å². The van der Waals surface area contributed by atoms with E-state index < -0.39 is 0 Å². The minimum absolute atomic E-state index is 0.0919. The average Bonchev–Trinajstić information content (AvgIpc) is 3.38. The van der Waals surface area contributed by atoms with Crippen LogP contribution in [0.2, 0.25) is 0 Å². The van der Waals surface area contributed by atoms with Gasteiger partial charge >= 0.3 is 0 Å². The number of nitrogens with one attached hydrogen (secondary N) is 1. The van der Waals surface area contributed by atoms with Crippen molar-refractivity contribution in [2.24, 2.45) is 0 Å². The second-order valence-electron chi connectivity index (χ2n) is 7.79. The molecule has 3 heterocycles. The lowest BCUT2D eigenvalue weighted by molar-refractivity contribution is 0.0951. The molecular weight excluding hydrogens is 384 g/mol. The van der Waals surface area contributed by atoms with E-state index in [1.807, 2.05) is 71.7 Å². The van der Waals surface area contributed by atoms with Crippen molar-refractivity contribution in [2.75, 3.05) is 11.4 Å². The Balaban J connectivity index is 1.21. The van der Waals surface area contributed by atoms with Gasteiger partial charge in [-0.25, -0.2) is 4.98 Å². The van der Waals surface area contributed by atoms with Crippen molar-refractivity contribution in [2.45, 2.75) is 19.5 Å². The number of hydrogen-bond acceptors (Lipinski definition) is 3. The zero-order chi connectivity index (χ0) is 21.0.